The van der Waals surface area contributed by atoms with E-state index in [4.69, 9.17) is 0 Å². The fourth-order valence-electron chi connectivity index (χ4n) is 0.706. The van der Waals surface area contributed by atoms with Crippen LogP contribution in [0.4, 0.5) is 17.3 Å². The van der Waals surface area contributed by atoms with Crippen molar-refractivity contribution in [2.75, 3.05) is 0 Å². The maximum atomic E-state index is 12.2. The molecule has 0 aromatic carbocycles. The number of aromatic nitrogens is 1. The van der Waals surface area contributed by atoms with Crippen LogP contribution in [0.3, 0.4) is 0 Å². The van der Waals surface area contributed by atoms with Gasteiger partial charge < -0.3 is 12.9 Å². The molecule has 0 aliphatic heterocycles. The van der Waals surface area contributed by atoms with Crippen LogP contribution in [0.25, 0.3) is 6.08 Å². The van der Waals surface area contributed by atoms with Gasteiger partial charge in [0.05, 0.1) is 0 Å². The predicted octanol–water partition coefficient (Wildman–Crippen LogP) is -0.375. The normalized spacial score (nSPS) is 11.4. The average Bonchev–Trinajstić information content (AvgIpc) is 2.02. The van der Waals surface area contributed by atoms with Crippen LogP contribution in [-0.4, -0.2) is 12.0 Å². The third-order valence-electron chi connectivity index (χ3n) is 1.26. The van der Waals surface area contributed by atoms with E-state index in [9.17, 15) is 17.3 Å². The molecule has 0 bridgehead atoms. The maximum Gasteiger partial charge on any atom is 1.00 e. The van der Waals surface area contributed by atoms with E-state index >= 15 is 0 Å². The Morgan fingerprint density at radius 2 is 1.86 bits per heavy atom. The molecule has 14 heavy (non-hydrogen) atoms. The second-order valence-electron chi connectivity index (χ2n) is 2.40. The third kappa shape index (κ3) is 5.92. The van der Waals surface area contributed by atoms with Gasteiger partial charge in [-0.1, -0.05) is 6.08 Å². The second kappa shape index (κ2) is 6.02. The number of hydrogen-bond acceptors (Lipinski definition) is 1. The molecule has 1 rings (SSSR count). The van der Waals surface area contributed by atoms with Gasteiger partial charge in [-0.2, -0.15) is 4.39 Å². The van der Waals surface area contributed by atoms with Crippen molar-refractivity contribution < 1.29 is 68.7 Å². The molecule has 0 N–H and O–H groups in total. The summed E-state index contributed by atoms with van der Waals surface area (Å²) in [6, 6.07) is 2.23. The summed E-state index contributed by atoms with van der Waals surface area (Å²) in [6.45, 7) is -4.94. The van der Waals surface area contributed by atoms with Gasteiger partial charge in [0, 0.05) is 6.20 Å². The minimum absolute atomic E-state index is 0. The van der Waals surface area contributed by atoms with Crippen LogP contribution >= 0.6 is 0 Å². The Labute approximate surface area is 121 Å². The van der Waals surface area contributed by atoms with E-state index in [1.807, 2.05) is 0 Å². The topological polar surface area (TPSA) is 12.9 Å². The second-order valence-corrected chi connectivity index (χ2v) is 2.40. The molecule has 70 valence electrons. The van der Waals surface area contributed by atoms with Crippen molar-refractivity contribution in [3.05, 3.63) is 35.8 Å². The smallest absolute Gasteiger partial charge is 0.445 e. The molecule has 1 nitrogen and oxygen atoms in total. The first-order valence-corrected chi connectivity index (χ1v) is 3.48. The Hall–Kier alpha value is 0.311. The van der Waals surface area contributed by atoms with Crippen molar-refractivity contribution >= 4 is 13.1 Å². The van der Waals surface area contributed by atoms with Crippen molar-refractivity contribution in [1.29, 1.82) is 0 Å². The van der Waals surface area contributed by atoms with Crippen molar-refractivity contribution in [3.63, 3.8) is 0 Å². The van der Waals surface area contributed by atoms with E-state index < -0.39 is 12.9 Å². The summed E-state index contributed by atoms with van der Waals surface area (Å²) in [5.41, 5.74) is 0.223. The van der Waals surface area contributed by atoms with Gasteiger partial charge in [-0.15, -0.1) is 5.98 Å². The standard InChI is InChI=1S/C7H5BF4N.K/c9-7-2-1-6(5-13-7)3-4-8(10,11)12;/h1-5H;/q-1;+1/b4-3+;. The van der Waals surface area contributed by atoms with Crippen LogP contribution in [-0.2, 0) is 0 Å². The summed E-state index contributed by atoms with van der Waals surface area (Å²) in [6.07, 6.45) is 1.89. The minimum Gasteiger partial charge on any atom is -0.445 e. The zero-order chi connectivity index (χ0) is 9.90. The van der Waals surface area contributed by atoms with Gasteiger partial charge in [-0.3, -0.25) is 0 Å². The van der Waals surface area contributed by atoms with Gasteiger partial charge >= 0.3 is 58.4 Å². The Kier molecular flexibility index (Phi) is 6.15. The van der Waals surface area contributed by atoms with E-state index in [2.05, 4.69) is 4.98 Å². The van der Waals surface area contributed by atoms with Gasteiger partial charge in [0.25, 0.3) is 0 Å². The van der Waals surface area contributed by atoms with Crippen molar-refractivity contribution in [3.8, 4) is 0 Å². The number of pyridine rings is 1. The first-order chi connectivity index (χ1) is 5.97. The van der Waals surface area contributed by atoms with Gasteiger partial charge in [0.1, 0.15) is 0 Å². The fraction of sp³-hybridized carbons (Fsp3) is 0. The molecule has 1 heterocycles. The Morgan fingerprint density at radius 3 is 2.29 bits per heavy atom. The molecule has 0 aliphatic rings. The zero-order valence-corrected chi connectivity index (χ0v) is 10.5. The minimum atomic E-state index is -4.94. The van der Waals surface area contributed by atoms with Gasteiger partial charge in [-0.05, 0) is 17.7 Å². The molecule has 0 saturated heterocycles. The Balaban J connectivity index is 0.00000169. The summed E-state index contributed by atoms with van der Waals surface area (Å²) >= 11 is 0. The molecule has 0 amide bonds. The largest absolute Gasteiger partial charge is 1.00 e. The quantitative estimate of drug-likeness (QED) is 0.383. The van der Waals surface area contributed by atoms with Crippen LogP contribution in [0.2, 0.25) is 0 Å². The SMILES string of the molecule is Fc1ccc(/C=C/[B-](F)(F)F)cn1.[K+]. The predicted molar refractivity (Wildman–Crippen MR) is 42.3 cm³/mol. The summed E-state index contributed by atoms with van der Waals surface area (Å²) < 4.78 is 47.3. The summed E-state index contributed by atoms with van der Waals surface area (Å²) in [5.74, 6) is -0.579. The first-order valence-electron chi connectivity index (χ1n) is 3.48. The van der Waals surface area contributed by atoms with Crippen LogP contribution in [0, 0.1) is 5.95 Å². The van der Waals surface area contributed by atoms with E-state index in [-0.39, 0.29) is 62.9 Å². The van der Waals surface area contributed by atoms with Crippen LogP contribution < -0.4 is 51.4 Å². The number of halogens is 4. The average molecular weight is 229 g/mol. The molecule has 1 aromatic heterocycles. The zero-order valence-electron chi connectivity index (χ0n) is 7.42. The van der Waals surface area contributed by atoms with E-state index in [1.165, 1.54) is 6.07 Å². The fourth-order valence-corrected chi connectivity index (χ4v) is 0.706. The molecule has 0 atom stereocenters. The molecule has 0 radical (unpaired) electrons. The molecule has 0 saturated carbocycles. The van der Waals surface area contributed by atoms with E-state index in [1.54, 1.807) is 0 Å². The van der Waals surface area contributed by atoms with E-state index in [0.717, 1.165) is 18.3 Å². The molecule has 0 unspecified atom stereocenters. The van der Waals surface area contributed by atoms with Crippen molar-refractivity contribution in [2.45, 2.75) is 0 Å². The molecule has 7 heteroatoms. The number of nitrogens with zero attached hydrogens (tertiary/aromatic N) is 1. The summed E-state index contributed by atoms with van der Waals surface area (Å²) in [4.78, 5) is 3.20. The van der Waals surface area contributed by atoms with E-state index in [0.29, 0.717) is 0 Å². The van der Waals surface area contributed by atoms with Gasteiger partial charge in [0.15, 0.2) is 0 Å². The monoisotopic (exact) mass is 229 g/mol. The molecular weight excluding hydrogens is 224 g/mol. The summed E-state index contributed by atoms with van der Waals surface area (Å²) in [5, 5.41) is 0. The molecule has 0 spiro atoms. The van der Waals surface area contributed by atoms with Crippen LogP contribution in [0.5, 0.6) is 0 Å². The maximum absolute atomic E-state index is 12.2. The molecule has 0 aliphatic carbocycles. The Bertz CT molecular complexity index is 308. The summed E-state index contributed by atoms with van der Waals surface area (Å²) in [7, 11) is 0. The van der Waals surface area contributed by atoms with Gasteiger partial charge in [-0.25, -0.2) is 4.98 Å². The first kappa shape index (κ1) is 14.3. The van der Waals surface area contributed by atoms with Crippen molar-refractivity contribution in [1.82, 2.24) is 4.98 Å². The van der Waals surface area contributed by atoms with Gasteiger partial charge in [0.2, 0.25) is 5.95 Å². The van der Waals surface area contributed by atoms with Crippen molar-refractivity contribution in [2.24, 2.45) is 0 Å². The van der Waals surface area contributed by atoms with Crippen LogP contribution in [0.1, 0.15) is 5.56 Å². The number of hydrogen-bond donors (Lipinski definition) is 0. The molecule has 0 fully saturated rings. The van der Waals surface area contributed by atoms with Crippen LogP contribution in [0.15, 0.2) is 24.3 Å². The third-order valence-corrected chi connectivity index (χ3v) is 1.26. The number of rotatable bonds is 2. The molecule has 1 aromatic rings. The molecular formula is C7H5BF4KN. The Morgan fingerprint density at radius 1 is 1.21 bits per heavy atom.